The second-order valence-corrected chi connectivity index (χ2v) is 5.71. The van der Waals surface area contributed by atoms with E-state index < -0.39 is 0 Å². The topological polar surface area (TPSA) is 76.1 Å². The van der Waals surface area contributed by atoms with Gasteiger partial charge in [-0.15, -0.1) is 0 Å². The van der Waals surface area contributed by atoms with Crippen molar-refractivity contribution in [3.63, 3.8) is 0 Å². The molecule has 2 N–H and O–H groups in total. The van der Waals surface area contributed by atoms with Gasteiger partial charge >= 0.3 is 0 Å². The van der Waals surface area contributed by atoms with Gasteiger partial charge in [0.15, 0.2) is 0 Å². The quantitative estimate of drug-likeness (QED) is 0.746. The first-order valence-corrected chi connectivity index (χ1v) is 8.15. The van der Waals surface area contributed by atoms with Gasteiger partial charge in [-0.2, -0.15) is 0 Å². The number of benzene rings is 1. The zero-order chi connectivity index (χ0) is 17.5. The molecule has 0 bridgehead atoms. The molecule has 0 unspecified atom stereocenters. The van der Waals surface area contributed by atoms with Gasteiger partial charge in [0.05, 0.1) is 12.1 Å². The minimum absolute atomic E-state index is 0.204. The number of nitrogens with zero attached hydrogens (tertiary/aromatic N) is 2. The lowest BCUT2D eigenvalue weighted by Gasteiger charge is -2.10. The molecule has 1 amide bonds. The van der Waals surface area contributed by atoms with Crippen molar-refractivity contribution in [1.82, 2.24) is 15.3 Å². The molecule has 128 valence electrons. The van der Waals surface area contributed by atoms with Gasteiger partial charge in [-0.1, -0.05) is 24.9 Å². The number of anilines is 2. The van der Waals surface area contributed by atoms with Gasteiger partial charge in [0.25, 0.3) is 5.91 Å². The van der Waals surface area contributed by atoms with E-state index in [4.69, 9.17) is 16.3 Å². The van der Waals surface area contributed by atoms with Crippen molar-refractivity contribution < 1.29 is 9.53 Å². The molecule has 2 aromatic rings. The monoisotopic (exact) mass is 348 g/mol. The van der Waals surface area contributed by atoms with Crippen LogP contribution in [0.2, 0.25) is 5.02 Å². The fourth-order valence-electron chi connectivity index (χ4n) is 2.08. The number of carbonyl (C=O) groups excluding carboxylic acids is 1. The number of halogens is 1. The number of aromatic nitrogens is 2. The van der Waals surface area contributed by atoms with E-state index in [0.717, 1.165) is 12.8 Å². The predicted octanol–water partition coefficient (Wildman–Crippen LogP) is 3.72. The molecule has 1 heterocycles. The molecule has 0 aliphatic carbocycles. The Balaban J connectivity index is 2.16. The maximum Gasteiger partial charge on any atom is 0.270 e. The largest absolute Gasteiger partial charge is 0.495 e. The van der Waals surface area contributed by atoms with Crippen molar-refractivity contribution in [2.75, 3.05) is 19.0 Å². The number of aryl methyl sites for hydroxylation is 1. The van der Waals surface area contributed by atoms with Crippen molar-refractivity contribution in [1.29, 1.82) is 0 Å². The van der Waals surface area contributed by atoms with Crippen LogP contribution in [0, 0.1) is 6.92 Å². The summed E-state index contributed by atoms with van der Waals surface area (Å²) >= 11 is 6.11. The number of methoxy groups -OCH3 is 1. The summed E-state index contributed by atoms with van der Waals surface area (Å²) in [6.45, 7) is 4.52. The number of hydrogen-bond acceptors (Lipinski definition) is 5. The first kappa shape index (κ1) is 18.0. The molecular weight excluding hydrogens is 328 g/mol. The van der Waals surface area contributed by atoms with Crippen molar-refractivity contribution >= 4 is 29.1 Å². The molecule has 24 heavy (non-hydrogen) atoms. The molecule has 1 aromatic carbocycles. The molecule has 0 saturated carbocycles. The lowest BCUT2D eigenvalue weighted by Crippen LogP contribution is -2.25. The summed E-state index contributed by atoms with van der Waals surface area (Å²) in [5.74, 6) is 0.727. The van der Waals surface area contributed by atoms with Gasteiger partial charge in [-0.05, 0) is 37.6 Å². The zero-order valence-corrected chi connectivity index (χ0v) is 14.8. The molecule has 0 saturated heterocycles. The molecule has 1 aromatic heterocycles. The average molecular weight is 349 g/mol. The van der Waals surface area contributed by atoms with Crippen LogP contribution in [-0.4, -0.2) is 29.5 Å². The first-order valence-electron chi connectivity index (χ1n) is 7.78. The Bertz CT molecular complexity index is 722. The third-order valence-corrected chi connectivity index (χ3v) is 3.61. The second kappa shape index (κ2) is 8.49. The fourth-order valence-corrected chi connectivity index (χ4v) is 2.34. The Morgan fingerprint density at radius 1 is 1.29 bits per heavy atom. The second-order valence-electron chi connectivity index (χ2n) is 5.30. The van der Waals surface area contributed by atoms with Crippen LogP contribution in [0.3, 0.4) is 0 Å². The third kappa shape index (κ3) is 4.83. The predicted molar refractivity (Wildman–Crippen MR) is 95.3 cm³/mol. The summed E-state index contributed by atoms with van der Waals surface area (Å²) in [6, 6.07) is 6.93. The number of unbranched alkanes of at least 4 members (excludes halogenated alkanes) is 1. The summed E-state index contributed by atoms with van der Waals surface area (Å²) in [7, 11) is 1.56. The number of nitrogens with one attached hydrogen (secondary N) is 2. The van der Waals surface area contributed by atoms with Crippen molar-refractivity contribution in [2.45, 2.75) is 26.7 Å². The minimum atomic E-state index is -0.204. The van der Waals surface area contributed by atoms with E-state index in [-0.39, 0.29) is 5.91 Å². The van der Waals surface area contributed by atoms with Crippen LogP contribution in [0.5, 0.6) is 5.75 Å². The SMILES string of the molecule is CCCCNC(=O)c1cc(C)nc(Nc2ccc(OC)c(Cl)c2)n1. The highest BCUT2D eigenvalue weighted by molar-refractivity contribution is 6.32. The first-order chi connectivity index (χ1) is 11.5. The van der Waals surface area contributed by atoms with Crippen LogP contribution >= 0.6 is 11.6 Å². The van der Waals surface area contributed by atoms with E-state index in [9.17, 15) is 4.79 Å². The lowest BCUT2D eigenvalue weighted by atomic mass is 10.3. The number of hydrogen-bond donors (Lipinski definition) is 2. The lowest BCUT2D eigenvalue weighted by molar-refractivity contribution is 0.0948. The Labute approximate surface area is 146 Å². The summed E-state index contributed by atoms with van der Waals surface area (Å²) in [5, 5.41) is 6.38. The van der Waals surface area contributed by atoms with Crippen LogP contribution < -0.4 is 15.4 Å². The van der Waals surface area contributed by atoms with E-state index in [1.165, 1.54) is 0 Å². The molecule has 2 rings (SSSR count). The van der Waals surface area contributed by atoms with Crippen LogP contribution in [0.25, 0.3) is 0 Å². The molecule has 6 nitrogen and oxygen atoms in total. The Kier molecular flexibility index (Phi) is 6.37. The molecule has 0 atom stereocenters. The number of ether oxygens (including phenoxy) is 1. The van der Waals surface area contributed by atoms with Gasteiger partial charge < -0.3 is 15.4 Å². The summed E-state index contributed by atoms with van der Waals surface area (Å²) in [4.78, 5) is 20.7. The summed E-state index contributed by atoms with van der Waals surface area (Å²) in [6.07, 6.45) is 1.96. The number of amides is 1. The average Bonchev–Trinajstić information content (AvgIpc) is 2.54. The van der Waals surface area contributed by atoms with Crippen molar-refractivity contribution in [2.24, 2.45) is 0 Å². The molecule has 0 aliphatic rings. The number of carbonyl (C=O) groups is 1. The van der Waals surface area contributed by atoms with Gasteiger partial charge in [0, 0.05) is 17.9 Å². The standard InChI is InChI=1S/C17H21ClN4O2/c1-4-5-8-19-16(23)14-9-11(2)20-17(22-14)21-12-6-7-15(24-3)13(18)10-12/h6-7,9-10H,4-5,8H2,1-3H3,(H,19,23)(H,20,21,22). The Hall–Kier alpha value is -2.34. The van der Waals surface area contributed by atoms with Crippen LogP contribution in [0.4, 0.5) is 11.6 Å². The fraction of sp³-hybridized carbons (Fsp3) is 0.353. The maximum atomic E-state index is 12.1. The molecule has 0 fully saturated rings. The smallest absolute Gasteiger partial charge is 0.270 e. The highest BCUT2D eigenvalue weighted by Gasteiger charge is 2.11. The highest BCUT2D eigenvalue weighted by Crippen LogP contribution is 2.28. The van der Waals surface area contributed by atoms with Gasteiger partial charge in [-0.25, -0.2) is 9.97 Å². The molecule has 0 radical (unpaired) electrons. The van der Waals surface area contributed by atoms with Crippen molar-refractivity contribution in [3.05, 3.63) is 40.7 Å². The Morgan fingerprint density at radius 3 is 2.75 bits per heavy atom. The summed E-state index contributed by atoms with van der Waals surface area (Å²) < 4.78 is 5.12. The van der Waals surface area contributed by atoms with Crippen LogP contribution in [0.15, 0.2) is 24.3 Å². The normalized spacial score (nSPS) is 10.3. The van der Waals surface area contributed by atoms with Crippen LogP contribution in [-0.2, 0) is 0 Å². The summed E-state index contributed by atoms with van der Waals surface area (Å²) in [5.41, 5.74) is 1.75. The molecule has 0 aliphatic heterocycles. The van der Waals surface area contributed by atoms with Crippen LogP contribution in [0.1, 0.15) is 35.9 Å². The van der Waals surface area contributed by atoms with E-state index >= 15 is 0 Å². The van der Waals surface area contributed by atoms with E-state index in [1.807, 2.05) is 6.92 Å². The minimum Gasteiger partial charge on any atom is -0.495 e. The van der Waals surface area contributed by atoms with E-state index in [2.05, 4.69) is 27.5 Å². The van der Waals surface area contributed by atoms with E-state index in [1.54, 1.807) is 31.4 Å². The van der Waals surface area contributed by atoms with Gasteiger partial charge in [0.2, 0.25) is 5.95 Å². The van der Waals surface area contributed by atoms with Gasteiger partial charge in [0.1, 0.15) is 11.4 Å². The Morgan fingerprint density at radius 2 is 2.08 bits per heavy atom. The maximum absolute atomic E-state index is 12.1. The molecule has 0 spiro atoms. The van der Waals surface area contributed by atoms with Crippen molar-refractivity contribution in [3.8, 4) is 5.75 Å². The highest BCUT2D eigenvalue weighted by atomic mass is 35.5. The molecular formula is C17H21ClN4O2. The zero-order valence-electron chi connectivity index (χ0n) is 14.0. The number of rotatable bonds is 7. The third-order valence-electron chi connectivity index (χ3n) is 3.31. The molecule has 7 heteroatoms. The van der Waals surface area contributed by atoms with Gasteiger partial charge in [-0.3, -0.25) is 4.79 Å². The van der Waals surface area contributed by atoms with E-state index in [0.29, 0.717) is 40.3 Å².